The Hall–Kier alpha value is -0.860. The van der Waals surface area contributed by atoms with Crippen LogP contribution in [-0.2, 0) is 6.54 Å². The average Bonchev–Trinajstić information content (AvgIpc) is 2.85. The van der Waals surface area contributed by atoms with Crippen LogP contribution in [0.15, 0.2) is 30.3 Å². The Morgan fingerprint density at radius 3 is 2.83 bits per heavy atom. The van der Waals surface area contributed by atoms with Gasteiger partial charge < -0.3 is 5.11 Å². The van der Waals surface area contributed by atoms with Crippen LogP contribution in [0.1, 0.15) is 8.30 Å². The van der Waals surface area contributed by atoms with Gasteiger partial charge in [-0.15, -0.1) is 0 Å². The zero-order chi connectivity index (χ0) is 10.2. The molecule has 2 rings (SSSR count). The Bertz CT molecular complexity index is 310. The van der Waals surface area contributed by atoms with Crippen LogP contribution < -0.4 is 0 Å². The van der Waals surface area contributed by atoms with Gasteiger partial charge in [-0.1, -0.05) is 30.3 Å². The number of aliphatic hydroxyl groups is 1. The van der Waals surface area contributed by atoms with Gasteiger partial charge in [0.25, 0.3) is 0 Å². The lowest BCUT2D eigenvalue weighted by atomic mass is 10.2. The van der Waals surface area contributed by atoms with Gasteiger partial charge in [0.05, 0.1) is 9.30 Å². The second-order valence-corrected chi connectivity index (χ2v) is 3.06. The molecule has 0 saturated carbocycles. The van der Waals surface area contributed by atoms with Gasteiger partial charge in [0.2, 0.25) is 0 Å². The Labute approximate surface area is 75.2 Å². The van der Waals surface area contributed by atoms with Crippen molar-refractivity contribution in [3.63, 3.8) is 0 Å². The normalized spacial score (nSPS) is 30.8. The summed E-state index contributed by atoms with van der Waals surface area (Å²) in [6, 6.07) is 9.55. The second-order valence-electron chi connectivity index (χ2n) is 3.06. The molecular weight excluding hydrogens is 150 g/mol. The molecule has 2 atom stereocenters. The van der Waals surface area contributed by atoms with Gasteiger partial charge in [0, 0.05) is 19.1 Å². The van der Waals surface area contributed by atoms with E-state index in [-0.39, 0.29) is 6.04 Å². The molecule has 1 N–H and O–H groups in total. The summed E-state index contributed by atoms with van der Waals surface area (Å²) in [6.45, 7) is -0.710. The maximum atomic E-state index is 9.10. The molecule has 0 radical (unpaired) electrons. The molecule has 1 aliphatic rings. The van der Waals surface area contributed by atoms with Crippen LogP contribution in [0.4, 0.5) is 0 Å². The minimum atomic E-state index is -2.06. The minimum Gasteiger partial charge on any atom is -0.395 e. The highest BCUT2D eigenvalue weighted by atomic mass is 16.3. The van der Waals surface area contributed by atoms with Crippen LogP contribution in [0.25, 0.3) is 0 Å². The van der Waals surface area contributed by atoms with Crippen molar-refractivity contribution in [1.29, 1.82) is 0 Å². The fraction of sp³-hybridized carbons (Fsp3) is 0.400. The van der Waals surface area contributed by atoms with E-state index in [0.29, 0.717) is 13.1 Å². The van der Waals surface area contributed by atoms with Crippen molar-refractivity contribution in [2.75, 3.05) is 13.1 Å². The third kappa shape index (κ3) is 1.65. The standard InChI is InChI=1S/C10H13NO/c12-8-10-7-11(10)6-9-4-2-1-3-5-9/h1-5,10,12H,6-8H2/i8D2. The van der Waals surface area contributed by atoms with Crippen molar-refractivity contribution in [3.8, 4) is 0 Å². The Morgan fingerprint density at radius 2 is 2.25 bits per heavy atom. The highest BCUT2D eigenvalue weighted by molar-refractivity contribution is 5.15. The molecule has 1 aromatic rings. The van der Waals surface area contributed by atoms with Gasteiger partial charge >= 0.3 is 0 Å². The highest BCUT2D eigenvalue weighted by Gasteiger charge is 2.32. The molecule has 0 aromatic heterocycles. The van der Waals surface area contributed by atoms with Crippen molar-refractivity contribution >= 4 is 0 Å². The summed E-state index contributed by atoms with van der Waals surface area (Å²) in [6.07, 6.45) is 0. The summed E-state index contributed by atoms with van der Waals surface area (Å²) in [5, 5.41) is 9.10. The van der Waals surface area contributed by atoms with E-state index in [4.69, 9.17) is 7.85 Å². The molecule has 2 heteroatoms. The first-order valence-electron chi connectivity index (χ1n) is 5.08. The van der Waals surface area contributed by atoms with Gasteiger partial charge in [0.15, 0.2) is 0 Å². The Kier molecular flexibility index (Phi) is 1.55. The number of benzene rings is 1. The first-order valence-corrected chi connectivity index (χ1v) is 4.08. The van der Waals surface area contributed by atoms with E-state index >= 15 is 0 Å². The fourth-order valence-corrected chi connectivity index (χ4v) is 1.29. The maximum absolute atomic E-state index is 9.10. The molecule has 1 heterocycles. The van der Waals surface area contributed by atoms with Gasteiger partial charge in [-0.2, -0.15) is 0 Å². The van der Waals surface area contributed by atoms with E-state index < -0.39 is 6.56 Å². The number of nitrogens with zero attached hydrogens (tertiary/aromatic N) is 1. The lowest BCUT2D eigenvalue weighted by Crippen LogP contribution is -2.04. The summed E-state index contributed by atoms with van der Waals surface area (Å²) in [4.78, 5) is 1.91. The second kappa shape index (κ2) is 3.25. The molecule has 0 aliphatic carbocycles. The zero-order valence-corrected chi connectivity index (χ0v) is 6.77. The van der Waals surface area contributed by atoms with Crippen molar-refractivity contribution in [1.82, 2.24) is 4.90 Å². The predicted octanol–water partition coefficient (Wildman–Crippen LogP) is 0.863. The van der Waals surface area contributed by atoms with Gasteiger partial charge in [-0.25, -0.2) is 0 Å². The molecule has 2 nitrogen and oxygen atoms in total. The van der Waals surface area contributed by atoms with Crippen molar-refractivity contribution < 1.29 is 7.85 Å². The summed E-state index contributed by atoms with van der Waals surface area (Å²) in [5.74, 6) is 0. The number of rotatable bonds is 3. The van der Waals surface area contributed by atoms with E-state index in [1.54, 1.807) is 0 Å². The quantitative estimate of drug-likeness (QED) is 0.671. The monoisotopic (exact) mass is 165 g/mol. The first-order chi connectivity index (χ1) is 6.57. The average molecular weight is 165 g/mol. The molecule has 1 fully saturated rings. The smallest absolute Gasteiger partial charge is 0.0599 e. The zero-order valence-electron chi connectivity index (χ0n) is 8.77. The van der Waals surface area contributed by atoms with Gasteiger partial charge in [0.1, 0.15) is 0 Å². The lowest BCUT2D eigenvalue weighted by molar-refractivity contribution is 0.272. The minimum absolute atomic E-state index is 0.331. The van der Waals surface area contributed by atoms with Gasteiger partial charge in [-0.3, -0.25) is 4.90 Å². The lowest BCUT2D eigenvalue weighted by Gasteiger charge is -2.01. The maximum Gasteiger partial charge on any atom is 0.0599 e. The highest BCUT2D eigenvalue weighted by Crippen LogP contribution is 2.19. The van der Waals surface area contributed by atoms with E-state index in [9.17, 15) is 0 Å². The van der Waals surface area contributed by atoms with Crippen LogP contribution in [0.5, 0.6) is 0 Å². The summed E-state index contributed by atoms with van der Waals surface area (Å²) in [5.41, 5.74) is 1.15. The number of hydrogen-bond acceptors (Lipinski definition) is 2. The van der Waals surface area contributed by atoms with Gasteiger partial charge in [-0.05, 0) is 5.56 Å². The third-order valence-electron chi connectivity index (χ3n) is 2.09. The molecular formula is C10H13NO. The van der Waals surface area contributed by atoms with E-state index in [0.717, 1.165) is 5.56 Å². The van der Waals surface area contributed by atoms with Crippen molar-refractivity contribution in [2.24, 2.45) is 0 Å². The summed E-state index contributed by atoms with van der Waals surface area (Å²) >= 11 is 0. The van der Waals surface area contributed by atoms with Crippen LogP contribution in [0.2, 0.25) is 0 Å². The Balaban J connectivity index is 1.91. The van der Waals surface area contributed by atoms with Crippen LogP contribution in [-0.4, -0.2) is 29.2 Å². The van der Waals surface area contributed by atoms with Crippen molar-refractivity contribution in [2.45, 2.75) is 12.6 Å². The third-order valence-corrected chi connectivity index (χ3v) is 2.09. The SMILES string of the molecule is [2H]C([2H])(O)C1CN1Cc1ccccc1. The molecule has 1 aliphatic heterocycles. The first kappa shape index (κ1) is 5.73. The van der Waals surface area contributed by atoms with E-state index in [1.807, 2.05) is 35.2 Å². The predicted molar refractivity (Wildman–Crippen MR) is 47.7 cm³/mol. The van der Waals surface area contributed by atoms with Crippen LogP contribution in [0.3, 0.4) is 0 Å². The van der Waals surface area contributed by atoms with E-state index in [1.165, 1.54) is 0 Å². The topological polar surface area (TPSA) is 23.2 Å². The largest absolute Gasteiger partial charge is 0.395 e. The summed E-state index contributed by atoms with van der Waals surface area (Å²) in [7, 11) is 0. The molecule has 0 spiro atoms. The Morgan fingerprint density at radius 1 is 1.50 bits per heavy atom. The van der Waals surface area contributed by atoms with E-state index in [2.05, 4.69) is 0 Å². The molecule has 0 bridgehead atoms. The molecule has 0 amide bonds. The molecule has 12 heavy (non-hydrogen) atoms. The molecule has 2 unspecified atom stereocenters. The van der Waals surface area contributed by atoms with Crippen LogP contribution in [0, 0.1) is 0 Å². The molecule has 1 saturated heterocycles. The summed E-state index contributed by atoms with van der Waals surface area (Å²) < 4.78 is 14.3. The molecule has 64 valence electrons. The number of hydrogen-bond donors (Lipinski definition) is 1. The molecule has 1 aromatic carbocycles. The fourth-order valence-electron chi connectivity index (χ4n) is 1.29. The van der Waals surface area contributed by atoms with Crippen LogP contribution >= 0.6 is 0 Å². The van der Waals surface area contributed by atoms with Crippen molar-refractivity contribution in [3.05, 3.63) is 35.9 Å².